The standard InChI is InChI=1S/C21H25NO4/c1-2-3-4-9-15(23)13-14-8-7-12-18(19(14)22)20(24)16-10-5-6-11-17(16)21(25)26/h5-8,10-12,15,23H,2-4,9,13,22H2,1H3,(H,25,26). The summed E-state index contributed by atoms with van der Waals surface area (Å²) in [5.74, 6) is -1.59. The van der Waals surface area contributed by atoms with E-state index in [1.165, 1.54) is 12.1 Å². The van der Waals surface area contributed by atoms with Gasteiger partial charge < -0.3 is 15.9 Å². The van der Waals surface area contributed by atoms with Crippen molar-refractivity contribution in [1.82, 2.24) is 0 Å². The van der Waals surface area contributed by atoms with Crippen molar-refractivity contribution in [3.63, 3.8) is 0 Å². The number of carbonyl (C=O) groups excluding carboxylic acids is 1. The van der Waals surface area contributed by atoms with E-state index in [1.54, 1.807) is 30.3 Å². The molecule has 0 aromatic heterocycles. The number of aliphatic hydroxyl groups is 1. The molecular formula is C21H25NO4. The Balaban J connectivity index is 2.26. The Morgan fingerprint density at radius 3 is 2.31 bits per heavy atom. The Labute approximate surface area is 153 Å². The van der Waals surface area contributed by atoms with Crippen LogP contribution in [0.1, 0.15) is 64.4 Å². The molecule has 0 spiro atoms. The molecule has 2 aromatic rings. The van der Waals surface area contributed by atoms with E-state index >= 15 is 0 Å². The van der Waals surface area contributed by atoms with Crippen LogP contribution in [0.2, 0.25) is 0 Å². The lowest BCUT2D eigenvalue weighted by atomic mass is 9.93. The number of unbranched alkanes of at least 4 members (excludes halogenated alkanes) is 2. The molecule has 26 heavy (non-hydrogen) atoms. The van der Waals surface area contributed by atoms with Gasteiger partial charge in [0.25, 0.3) is 0 Å². The Bertz CT molecular complexity index is 785. The highest BCUT2D eigenvalue weighted by molar-refractivity contribution is 6.16. The van der Waals surface area contributed by atoms with Crippen LogP contribution < -0.4 is 5.73 Å². The minimum absolute atomic E-state index is 0.0538. The van der Waals surface area contributed by atoms with Gasteiger partial charge in [-0.3, -0.25) is 4.79 Å². The lowest BCUT2D eigenvalue weighted by Gasteiger charge is -2.15. The number of carboxylic acids is 1. The maximum atomic E-state index is 12.8. The molecule has 0 fully saturated rings. The molecule has 5 nitrogen and oxygen atoms in total. The molecule has 1 atom stereocenters. The maximum Gasteiger partial charge on any atom is 0.336 e. The van der Waals surface area contributed by atoms with E-state index in [2.05, 4.69) is 6.92 Å². The number of para-hydroxylation sites is 1. The van der Waals surface area contributed by atoms with Gasteiger partial charge in [0.05, 0.1) is 11.7 Å². The number of aliphatic hydroxyl groups excluding tert-OH is 1. The highest BCUT2D eigenvalue weighted by Gasteiger charge is 2.20. The molecule has 138 valence electrons. The number of benzene rings is 2. The Kier molecular flexibility index (Phi) is 6.92. The van der Waals surface area contributed by atoms with Crippen molar-refractivity contribution < 1.29 is 19.8 Å². The minimum Gasteiger partial charge on any atom is -0.478 e. The minimum atomic E-state index is -1.16. The summed E-state index contributed by atoms with van der Waals surface area (Å²) in [5.41, 5.74) is 7.48. The summed E-state index contributed by atoms with van der Waals surface area (Å²) in [6.45, 7) is 2.11. The largest absolute Gasteiger partial charge is 0.478 e. The maximum absolute atomic E-state index is 12.8. The first kappa shape index (κ1) is 19.7. The number of nitrogens with two attached hydrogens (primary N) is 1. The van der Waals surface area contributed by atoms with Gasteiger partial charge in [-0.05, 0) is 24.1 Å². The second-order valence-electron chi connectivity index (χ2n) is 6.41. The summed E-state index contributed by atoms with van der Waals surface area (Å²) in [7, 11) is 0. The molecule has 0 aliphatic carbocycles. The van der Waals surface area contributed by atoms with Gasteiger partial charge in [-0.2, -0.15) is 0 Å². The number of nitrogen functional groups attached to an aromatic ring is 1. The average molecular weight is 355 g/mol. The van der Waals surface area contributed by atoms with E-state index < -0.39 is 17.9 Å². The molecule has 4 N–H and O–H groups in total. The van der Waals surface area contributed by atoms with Gasteiger partial charge in [0.1, 0.15) is 0 Å². The van der Waals surface area contributed by atoms with Crippen LogP contribution in [0.4, 0.5) is 5.69 Å². The Hall–Kier alpha value is -2.66. The molecule has 5 heteroatoms. The van der Waals surface area contributed by atoms with Crippen molar-refractivity contribution in [3.8, 4) is 0 Å². The van der Waals surface area contributed by atoms with Gasteiger partial charge in [0, 0.05) is 23.2 Å². The first-order valence-corrected chi connectivity index (χ1v) is 8.88. The van der Waals surface area contributed by atoms with Crippen LogP contribution in [0.25, 0.3) is 0 Å². The smallest absolute Gasteiger partial charge is 0.336 e. The third-order valence-electron chi connectivity index (χ3n) is 4.44. The molecule has 1 unspecified atom stereocenters. The Morgan fingerprint density at radius 2 is 1.65 bits per heavy atom. The fourth-order valence-corrected chi connectivity index (χ4v) is 2.99. The van der Waals surface area contributed by atoms with Gasteiger partial charge in [-0.15, -0.1) is 0 Å². The lowest BCUT2D eigenvalue weighted by Crippen LogP contribution is -2.15. The number of ketones is 1. The number of aromatic carboxylic acids is 1. The first-order valence-electron chi connectivity index (χ1n) is 8.88. The molecule has 0 heterocycles. The summed E-state index contributed by atoms with van der Waals surface area (Å²) in [6.07, 6.45) is 3.64. The van der Waals surface area contributed by atoms with Crippen molar-refractivity contribution in [1.29, 1.82) is 0 Å². The first-order chi connectivity index (χ1) is 12.5. The van der Waals surface area contributed by atoms with Gasteiger partial charge in [0.2, 0.25) is 0 Å². The Morgan fingerprint density at radius 1 is 1.00 bits per heavy atom. The van der Waals surface area contributed by atoms with E-state index in [4.69, 9.17) is 5.73 Å². The van der Waals surface area contributed by atoms with Gasteiger partial charge >= 0.3 is 5.97 Å². The van der Waals surface area contributed by atoms with Gasteiger partial charge in [-0.25, -0.2) is 4.79 Å². The summed E-state index contributed by atoms with van der Waals surface area (Å²) >= 11 is 0. The predicted molar refractivity (Wildman–Crippen MR) is 102 cm³/mol. The fourth-order valence-electron chi connectivity index (χ4n) is 2.99. The second kappa shape index (κ2) is 9.15. The van der Waals surface area contributed by atoms with E-state index in [0.29, 0.717) is 24.1 Å². The number of hydrogen-bond acceptors (Lipinski definition) is 4. The van der Waals surface area contributed by atoms with Crippen molar-refractivity contribution in [2.75, 3.05) is 5.73 Å². The van der Waals surface area contributed by atoms with Gasteiger partial charge in [0.15, 0.2) is 5.78 Å². The van der Waals surface area contributed by atoms with Crippen molar-refractivity contribution >= 4 is 17.4 Å². The molecule has 2 aromatic carbocycles. The van der Waals surface area contributed by atoms with Crippen molar-refractivity contribution in [2.24, 2.45) is 0 Å². The van der Waals surface area contributed by atoms with Crippen molar-refractivity contribution in [2.45, 2.75) is 45.1 Å². The third-order valence-corrected chi connectivity index (χ3v) is 4.44. The van der Waals surface area contributed by atoms with Crippen LogP contribution in [0.15, 0.2) is 42.5 Å². The topological polar surface area (TPSA) is 101 Å². The second-order valence-corrected chi connectivity index (χ2v) is 6.41. The molecule has 2 rings (SSSR count). The number of anilines is 1. The summed E-state index contributed by atoms with van der Waals surface area (Å²) in [5, 5.41) is 19.5. The summed E-state index contributed by atoms with van der Waals surface area (Å²) in [6, 6.07) is 11.2. The number of carboxylic acid groups (broad SMARTS) is 1. The molecule has 0 saturated heterocycles. The van der Waals surface area contributed by atoms with Crippen LogP contribution in [0.3, 0.4) is 0 Å². The molecule has 0 aliphatic heterocycles. The van der Waals surface area contributed by atoms with E-state index in [1.807, 2.05) is 0 Å². The molecule has 0 amide bonds. The zero-order valence-electron chi connectivity index (χ0n) is 14.9. The quantitative estimate of drug-likeness (QED) is 0.362. The molecule has 0 radical (unpaired) electrons. The highest BCUT2D eigenvalue weighted by Crippen LogP contribution is 2.24. The van der Waals surface area contributed by atoms with Crippen LogP contribution in [-0.4, -0.2) is 28.1 Å². The number of hydrogen-bond donors (Lipinski definition) is 3. The zero-order valence-corrected chi connectivity index (χ0v) is 14.9. The normalized spacial score (nSPS) is 11.9. The summed E-state index contributed by atoms with van der Waals surface area (Å²) < 4.78 is 0. The lowest BCUT2D eigenvalue weighted by molar-refractivity contribution is 0.0692. The molecule has 0 saturated carbocycles. The van der Waals surface area contributed by atoms with Crippen LogP contribution >= 0.6 is 0 Å². The highest BCUT2D eigenvalue weighted by atomic mass is 16.4. The number of carbonyl (C=O) groups is 2. The predicted octanol–water partition coefficient (Wildman–Crippen LogP) is 3.68. The molecular weight excluding hydrogens is 330 g/mol. The van der Waals surface area contributed by atoms with Crippen molar-refractivity contribution in [3.05, 3.63) is 64.7 Å². The third kappa shape index (κ3) is 4.70. The molecule has 0 aliphatic rings. The van der Waals surface area contributed by atoms with E-state index in [9.17, 15) is 19.8 Å². The number of rotatable bonds is 9. The van der Waals surface area contributed by atoms with Crippen LogP contribution in [0, 0.1) is 0 Å². The fraction of sp³-hybridized carbons (Fsp3) is 0.333. The average Bonchev–Trinajstić information content (AvgIpc) is 2.63. The zero-order chi connectivity index (χ0) is 19.1. The van der Waals surface area contributed by atoms with Gasteiger partial charge in [-0.1, -0.05) is 56.5 Å². The van der Waals surface area contributed by atoms with Crippen LogP contribution in [0.5, 0.6) is 0 Å². The molecule has 0 bridgehead atoms. The van der Waals surface area contributed by atoms with E-state index in [-0.39, 0.29) is 16.7 Å². The van der Waals surface area contributed by atoms with Crippen LogP contribution in [-0.2, 0) is 6.42 Å². The monoisotopic (exact) mass is 355 g/mol. The van der Waals surface area contributed by atoms with E-state index in [0.717, 1.165) is 19.3 Å². The summed E-state index contributed by atoms with van der Waals surface area (Å²) in [4.78, 5) is 24.2. The SMILES string of the molecule is CCCCCC(O)Cc1cccc(C(=O)c2ccccc2C(=O)O)c1N.